The minimum absolute atomic E-state index is 0.0215. The Morgan fingerprint density at radius 1 is 1.63 bits per heavy atom. The minimum atomic E-state index is -1.11. The van der Waals surface area contributed by atoms with E-state index >= 15 is 0 Å². The van der Waals surface area contributed by atoms with E-state index in [1.54, 1.807) is 19.3 Å². The van der Waals surface area contributed by atoms with Gasteiger partial charge in [-0.15, -0.1) is 0 Å². The molecule has 0 bridgehead atoms. The summed E-state index contributed by atoms with van der Waals surface area (Å²) in [7, 11) is 0. The standard InChI is InChI=1S/C11H16N4O4/c1-6(9-12-2-3-13-9)14-11(19)15-5-7(16)4-8(15)10(17)18/h2-3,6-8,16H,4-5H2,1H3,(H,12,13)(H,14,19)(H,17,18)/t6?,7-,8+/m1/s1. The monoisotopic (exact) mass is 268 g/mol. The van der Waals surface area contributed by atoms with E-state index in [1.165, 1.54) is 0 Å². The number of aliphatic carboxylic acids is 1. The van der Waals surface area contributed by atoms with Crippen LogP contribution in [0.2, 0.25) is 0 Å². The third-order valence-corrected chi connectivity index (χ3v) is 3.09. The van der Waals surface area contributed by atoms with Crippen molar-refractivity contribution in [2.75, 3.05) is 6.54 Å². The number of β-amino-alcohol motifs (C(OH)–C–C–N with tert-alkyl or cyclic N) is 1. The highest BCUT2D eigenvalue weighted by Crippen LogP contribution is 2.19. The van der Waals surface area contributed by atoms with Crippen LogP contribution in [0.25, 0.3) is 0 Å². The van der Waals surface area contributed by atoms with Crippen molar-refractivity contribution < 1.29 is 19.8 Å². The molecular weight excluding hydrogens is 252 g/mol. The van der Waals surface area contributed by atoms with Crippen LogP contribution in [-0.4, -0.2) is 55.8 Å². The van der Waals surface area contributed by atoms with Gasteiger partial charge >= 0.3 is 12.0 Å². The molecule has 8 heteroatoms. The van der Waals surface area contributed by atoms with Gasteiger partial charge in [0.05, 0.1) is 12.1 Å². The topological polar surface area (TPSA) is 119 Å². The lowest BCUT2D eigenvalue weighted by Crippen LogP contribution is -2.46. The van der Waals surface area contributed by atoms with Crippen molar-refractivity contribution >= 4 is 12.0 Å². The molecule has 19 heavy (non-hydrogen) atoms. The van der Waals surface area contributed by atoms with Gasteiger partial charge in [-0.3, -0.25) is 0 Å². The minimum Gasteiger partial charge on any atom is -0.480 e. The van der Waals surface area contributed by atoms with Gasteiger partial charge in [0.15, 0.2) is 0 Å². The second-order valence-electron chi connectivity index (χ2n) is 4.54. The number of aromatic nitrogens is 2. The zero-order valence-electron chi connectivity index (χ0n) is 10.4. The Bertz CT molecular complexity index is 461. The van der Waals surface area contributed by atoms with Crippen molar-refractivity contribution in [1.82, 2.24) is 20.2 Å². The maximum Gasteiger partial charge on any atom is 0.326 e. The lowest BCUT2D eigenvalue weighted by molar-refractivity contribution is -0.141. The SMILES string of the molecule is CC(NC(=O)N1C[C@H](O)C[C@H]1C(=O)O)c1ncc[nH]1. The van der Waals surface area contributed by atoms with Crippen LogP contribution in [0.3, 0.4) is 0 Å². The molecule has 0 radical (unpaired) electrons. The maximum absolute atomic E-state index is 12.0. The molecule has 2 amide bonds. The molecule has 1 aliphatic rings. The van der Waals surface area contributed by atoms with E-state index in [0.29, 0.717) is 5.82 Å². The van der Waals surface area contributed by atoms with Gasteiger partial charge in [0.2, 0.25) is 0 Å². The molecule has 8 nitrogen and oxygen atoms in total. The zero-order valence-corrected chi connectivity index (χ0v) is 10.4. The average molecular weight is 268 g/mol. The van der Waals surface area contributed by atoms with Gasteiger partial charge in [-0.2, -0.15) is 0 Å². The molecule has 0 spiro atoms. The van der Waals surface area contributed by atoms with Gasteiger partial charge < -0.3 is 25.4 Å². The Kier molecular flexibility index (Phi) is 3.70. The number of aliphatic hydroxyl groups is 1. The number of aromatic amines is 1. The Hall–Kier alpha value is -2.09. The molecule has 1 aliphatic heterocycles. The molecule has 104 valence electrons. The van der Waals surface area contributed by atoms with Crippen molar-refractivity contribution in [2.24, 2.45) is 0 Å². The molecule has 4 N–H and O–H groups in total. The highest BCUT2D eigenvalue weighted by molar-refractivity contribution is 5.83. The van der Waals surface area contributed by atoms with Crippen LogP contribution >= 0.6 is 0 Å². The summed E-state index contributed by atoms with van der Waals surface area (Å²) in [5.41, 5.74) is 0. The van der Waals surface area contributed by atoms with Gasteiger partial charge in [-0.05, 0) is 6.92 Å². The van der Waals surface area contributed by atoms with E-state index in [-0.39, 0.29) is 19.0 Å². The molecule has 1 fully saturated rings. The molecule has 1 aromatic heterocycles. The highest BCUT2D eigenvalue weighted by Gasteiger charge is 2.39. The number of rotatable bonds is 3. The number of nitrogens with one attached hydrogen (secondary N) is 2. The van der Waals surface area contributed by atoms with E-state index in [1.807, 2.05) is 0 Å². The van der Waals surface area contributed by atoms with E-state index in [2.05, 4.69) is 15.3 Å². The predicted molar refractivity (Wildman–Crippen MR) is 64.3 cm³/mol. The van der Waals surface area contributed by atoms with E-state index in [0.717, 1.165) is 4.90 Å². The largest absolute Gasteiger partial charge is 0.480 e. The number of hydrogen-bond donors (Lipinski definition) is 4. The first-order valence-corrected chi connectivity index (χ1v) is 5.96. The second-order valence-corrected chi connectivity index (χ2v) is 4.54. The van der Waals surface area contributed by atoms with Crippen LogP contribution in [0.4, 0.5) is 4.79 Å². The van der Waals surface area contributed by atoms with Crippen molar-refractivity contribution in [3.8, 4) is 0 Å². The molecule has 0 aliphatic carbocycles. The highest BCUT2D eigenvalue weighted by atomic mass is 16.4. The summed E-state index contributed by atoms with van der Waals surface area (Å²) in [5.74, 6) is -0.530. The summed E-state index contributed by atoms with van der Waals surface area (Å²) in [6.07, 6.45) is 2.46. The van der Waals surface area contributed by atoms with Gasteiger partial charge in [0.25, 0.3) is 0 Å². The Morgan fingerprint density at radius 3 is 2.95 bits per heavy atom. The third-order valence-electron chi connectivity index (χ3n) is 3.09. The first kappa shape index (κ1) is 13.3. The summed E-state index contributed by atoms with van der Waals surface area (Å²) >= 11 is 0. The lowest BCUT2D eigenvalue weighted by atomic mass is 10.2. The number of hydrogen-bond acceptors (Lipinski definition) is 4. The molecule has 0 aromatic carbocycles. The number of H-pyrrole nitrogens is 1. The number of likely N-dealkylation sites (tertiary alicyclic amines) is 1. The Labute approximate surface area is 109 Å². The molecule has 3 atom stereocenters. The number of nitrogens with zero attached hydrogens (tertiary/aromatic N) is 2. The molecule has 1 aromatic rings. The number of carbonyl (C=O) groups excluding carboxylic acids is 1. The summed E-state index contributed by atoms with van der Waals surface area (Å²) in [4.78, 5) is 31.0. The summed E-state index contributed by atoms with van der Waals surface area (Å²) in [6, 6.07) is -1.87. The van der Waals surface area contributed by atoms with Crippen LogP contribution < -0.4 is 5.32 Å². The van der Waals surface area contributed by atoms with Crippen LogP contribution in [0.1, 0.15) is 25.2 Å². The summed E-state index contributed by atoms with van der Waals surface area (Å²) < 4.78 is 0. The number of aliphatic hydroxyl groups excluding tert-OH is 1. The first-order valence-electron chi connectivity index (χ1n) is 5.96. The Balaban J connectivity index is 2.01. The van der Waals surface area contributed by atoms with Crippen LogP contribution in [0.15, 0.2) is 12.4 Å². The third kappa shape index (κ3) is 2.84. The summed E-state index contributed by atoms with van der Waals surface area (Å²) in [5, 5.41) is 21.1. The van der Waals surface area contributed by atoms with Gasteiger partial charge in [-0.1, -0.05) is 0 Å². The van der Waals surface area contributed by atoms with Crippen LogP contribution in [-0.2, 0) is 4.79 Å². The first-order chi connectivity index (χ1) is 8.99. The van der Waals surface area contributed by atoms with Crippen molar-refractivity contribution in [3.05, 3.63) is 18.2 Å². The average Bonchev–Trinajstić information content (AvgIpc) is 2.96. The molecule has 0 saturated carbocycles. The number of carboxylic acid groups (broad SMARTS) is 1. The van der Waals surface area contributed by atoms with Gasteiger partial charge in [-0.25, -0.2) is 14.6 Å². The van der Waals surface area contributed by atoms with E-state index in [4.69, 9.17) is 5.11 Å². The molecule has 1 saturated heterocycles. The smallest absolute Gasteiger partial charge is 0.326 e. The zero-order chi connectivity index (χ0) is 14.0. The maximum atomic E-state index is 12.0. The van der Waals surface area contributed by atoms with Crippen molar-refractivity contribution in [2.45, 2.75) is 31.5 Å². The Morgan fingerprint density at radius 2 is 2.37 bits per heavy atom. The molecular formula is C11H16N4O4. The van der Waals surface area contributed by atoms with Crippen molar-refractivity contribution in [1.29, 1.82) is 0 Å². The van der Waals surface area contributed by atoms with Gasteiger partial charge in [0.1, 0.15) is 11.9 Å². The number of amides is 2. The fourth-order valence-electron chi connectivity index (χ4n) is 2.12. The normalized spacial score (nSPS) is 24.2. The fraction of sp³-hybridized carbons (Fsp3) is 0.545. The summed E-state index contributed by atoms with van der Waals surface area (Å²) in [6.45, 7) is 1.76. The van der Waals surface area contributed by atoms with Crippen molar-refractivity contribution in [3.63, 3.8) is 0 Å². The van der Waals surface area contributed by atoms with Crippen LogP contribution in [0.5, 0.6) is 0 Å². The number of urea groups is 1. The lowest BCUT2D eigenvalue weighted by Gasteiger charge is -2.23. The molecule has 2 heterocycles. The molecule has 2 rings (SSSR count). The van der Waals surface area contributed by atoms with Gasteiger partial charge in [0, 0.05) is 25.4 Å². The quantitative estimate of drug-likeness (QED) is 0.600. The fourth-order valence-corrected chi connectivity index (χ4v) is 2.12. The predicted octanol–water partition coefficient (Wildman–Crippen LogP) is -0.300. The molecule has 1 unspecified atom stereocenters. The number of carbonyl (C=O) groups is 2. The number of carboxylic acids is 1. The number of imidazole rings is 1. The van der Waals surface area contributed by atoms with Crippen LogP contribution in [0, 0.1) is 0 Å². The second kappa shape index (κ2) is 5.27. The van der Waals surface area contributed by atoms with E-state index in [9.17, 15) is 14.7 Å². The van der Waals surface area contributed by atoms with E-state index < -0.39 is 24.1 Å².